The van der Waals surface area contributed by atoms with E-state index in [1.807, 2.05) is 60.7 Å². The van der Waals surface area contributed by atoms with Gasteiger partial charge < -0.3 is 4.42 Å². The van der Waals surface area contributed by atoms with Gasteiger partial charge in [0.1, 0.15) is 5.69 Å². The minimum atomic E-state index is -2.91. The molecule has 3 aromatic rings. The minimum Gasteiger partial charge on any atom is -0.431 e. The van der Waals surface area contributed by atoms with Crippen molar-refractivity contribution in [1.29, 1.82) is 0 Å². The fourth-order valence-corrected chi connectivity index (χ4v) is 6.31. The van der Waals surface area contributed by atoms with Crippen LogP contribution in [0.2, 0.25) is 0 Å². The van der Waals surface area contributed by atoms with Gasteiger partial charge in [0, 0.05) is 16.4 Å². The van der Waals surface area contributed by atoms with E-state index in [0.29, 0.717) is 11.6 Å². The van der Waals surface area contributed by atoms with Crippen LogP contribution >= 0.6 is 11.8 Å². The van der Waals surface area contributed by atoms with Crippen LogP contribution in [-0.4, -0.2) is 30.2 Å². The molecule has 1 fully saturated rings. The molecule has 0 spiro atoms. The Balaban J connectivity index is 1.71. The highest BCUT2D eigenvalue weighted by molar-refractivity contribution is 8.01. The minimum absolute atomic E-state index is 0.0101. The molecule has 4 rings (SSSR count). The van der Waals surface area contributed by atoms with Gasteiger partial charge in [-0.15, -0.1) is 0 Å². The molecule has 1 aromatic heterocycles. The lowest BCUT2D eigenvalue weighted by Gasteiger charge is -2.02. The summed E-state index contributed by atoms with van der Waals surface area (Å²) in [7, 11) is -2.91. The van der Waals surface area contributed by atoms with Crippen LogP contribution in [0.5, 0.6) is 0 Å². The van der Waals surface area contributed by atoms with Crippen molar-refractivity contribution in [2.75, 3.05) is 11.5 Å². The molecule has 0 N–H and O–H groups in total. The van der Waals surface area contributed by atoms with E-state index in [0.717, 1.165) is 22.6 Å². The summed E-state index contributed by atoms with van der Waals surface area (Å²) in [6.07, 6.45) is 0.650. The molecular formula is C19H17NO3S2. The van der Waals surface area contributed by atoms with Crippen LogP contribution in [-0.2, 0) is 9.84 Å². The molecule has 128 valence electrons. The van der Waals surface area contributed by atoms with Gasteiger partial charge in [0.15, 0.2) is 15.6 Å². The summed E-state index contributed by atoms with van der Waals surface area (Å²) < 4.78 is 29.4. The third kappa shape index (κ3) is 3.65. The summed E-state index contributed by atoms with van der Waals surface area (Å²) in [6, 6.07) is 19.8. The highest BCUT2D eigenvalue weighted by atomic mass is 32.2. The molecule has 1 aliphatic heterocycles. The normalized spacial score (nSPS) is 19.1. The lowest BCUT2D eigenvalue weighted by Crippen LogP contribution is -2.05. The first-order valence-corrected chi connectivity index (χ1v) is 10.8. The fraction of sp³-hybridized carbons (Fsp3) is 0.211. The van der Waals surface area contributed by atoms with Crippen molar-refractivity contribution in [3.63, 3.8) is 0 Å². The van der Waals surface area contributed by atoms with Crippen LogP contribution in [0, 0.1) is 0 Å². The Morgan fingerprint density at radius 2 is 1.60 bits per heavy atom. The first kappa shape index (κ1) is 16.4. The molecule has 0 aliphatic carbocycles. The Morgan fingerprint density at radius 1 is 0.960 bits per heavy atom. The van der Waals surface area contributed by atoms with E-state index in [2.05, 4.69) is 4.98 Å². The van der Waals surface area contributed by atoms with E-state index in [4.69, 9.17) is 4.42 Å². The Morgan fingerprint density at radius 3 is 2.20 bits per heavy atom. The van der Waals surface area contributed by atoms with E-state index in [-0.39, 0.29) is 16.8 Å². The third-order valence-electron chi connectivity index (χ3n) is 4.15. The molecule has 1 atom stereocenters. The molecular weight excluding hydrogens is 354 g/mol. The number of thioether (sulfide) groups is 1. The Bertz CT molecular complexity index is 909. The highest BCUT2D eigenvalue weighted by Gasteiger charge is 2.30. The zero-order valence-electron chi connectivity index (χ0n) is 13.5. The van der Waals surface area contributed by atoms with E-state index >= 15 is 0 Å². The summed E-state index contributed by atoms with van der Waals surface area (Å²) >= 11 is 1.42. The quantitative estimate of drug-likeness (QED) is 0.685. The van der Waals surface area contributed by atoms with E-state index in [1.165, 1.54) is 11.8 Å². The van der Waals surface area contributed by atoms with Gasteiger partial charge in [-0.3, -0.25) is 0 Å². The van der Waals surface area contributed by atoms with E-state index < -0.39 is 9.84 Å². The van der Waals surface area contributed by atoms with Gasteiger partial charge in [0.2, 0.25) is 0 Å². The van der Waals surface area contributed by atoms with E-state index in [1.54, 1.807) is 0 Å². The van der Waals surface area contributed by atoms with Gasteiger partial charge >= 0.3 is 0 Å². The number of benzene rings is 2. The SMILES string of the molecule is O=S1(=O)CC[C@H](Sc2nc(-c3ccccc3)c(-c3ccccc3)o2)C1. The van der Waals surface area contributed by atoms with Crippen LogP contribution < -0.4 is 0 Å². The maximum Gasteiger partial charge on any atom is 0.257 e. The van der Waals surface area contributed by atoms with Crippen molar-refractivity contribution in [3.8, 4) is 22.6 Å². The van der Waals surface area contributed by atoms with Crippen LogP contribution in [0.15, 0.2) is 70.3 Å². The molecule has 1 saturated heterocycles. The maximum atomic E-state index is 11.7. The Kier molecular flexibility index (Phi) is 4.39. The number of hydrogen-bond donors (Lipinski definition) is 0. The predicted molar refractivity (Wildman–Crippen MR) is 100 cm³/mol. The summed E-state index contributed by atoms with van der Waals surface area (Å²) in [6.45, 7) is 0. The number of sulfone groups is 1. The molecule has 2 heterocycles. The molecule has 0 radical (unpaired) electrons. The molecule has 0 amide bonds. The molecule has 0 bridgehead atoms. The topological polar surface area (TPSA) is 60.2 Å². The molecule has 0 saturated carbocycles. The second-order valence-corrected chi connectivity index (χ2v) is 9.51. The standard InChI is InChI=1S/C19H17NO3S2/c21-25(22)12-11-16(13-25)24-19-20-17(14-7-3-1-4-8-14)18(23-19)15-9-5-2-6-10-15/h1-10,16H,11-13H2/t16-/m0/s1. The number of nitrogens with zero attached hydrogens (tertiary/aromatic N) is 1. The number of oxazole rings is 1. The summed E-state index contributed by atoms with van der Waals surface area (Å²) in [4.78, 5) is 4.67. The summed E-state index contributed by atoms with van der Waals surface area (Å²) in [5.41, 5.74) is 2.73. The lowest BCUT2D eigenvalue weighted by molar-refractivity contribution is 0.465. The van der Waals surface area contributed by atoms with Crippen LogP contribution in [0.3, 0.4) is 0 Å². The average Bonchev–Trinajstić information content (AvgIpc) is 3.20. The van der Waals surface area contributed by atoms with Gasteiger partial charge in [-0.2, -0.15) is 0 Å². The number of rotatable bonds is 4. The predicted octanol–water partition coefficient (Wildman–Crippen LogP) is 4.29. The smallest absolute Gasteiger partial charge is 0.257 e. The first-order chi connectivity index (χ1) is 12.1. The molecule has 6 heteroatoms. The fourth-order valence-electron chi connectivity index (χ4n) is 2.92. The van der Waals surface area contributed by atoms with Gasteiger partial charge in [-0.05, 0) is 6.42 Å². The monoisotopic (exact) mass is 371 g/mol. The Labute approximate surface area is 151 Å². The maximum absolute atomic E-state index is 11.7. The third-order valence-corrected chi connectivity index (χ3v) is 7.24. The van der Waals surface area contributed by atoms with E-state index in [9.17, 15) is 8.42 Å². The number of hydrogen-bond acceptors (Lipinski definition) is 5. The average molecular weight is 371 g/mol. The second kappa shape index (κ2) is 6.69. The largest absolute Gasteiger partial charge is 0.431 e. The van der Waals surface area contributed by atoms with Crippen molar-refractivity contribution in [3.05, 3.63) is 60.7 Å². The van der Waals surface area contributed by atoms with Crippen LogP contribution in [0.1, 0.15) is 6.42 Å². The zero-order chi connectivity index (χ0) is 17.3. The second-order valence-electron chi connectivity index (χ2n) is 6.03. The summed E-state index contributed by atoms with van der Waals surface area (Å²) in [5.74, 6) is 1.17. The lowest BCUT2D eigenvalue weighted by atomic mass is 10.1. The molecule has 0 unspecified atom stereocenters. The molecule has 1 aliphatic rings. The Hall–Kier alpha value is -2.05. The van der Waals surface area contributed by atoms with Crippen molar-refractivity contribution in [1.82, 2.24) is 4.98 Å². The van der Waals surface area contributed by atoms with Crippen LogP contribution in [0.4, 0.5) is 0 Å². The van der Waals surface area contributed by atoms with Crippen molar-refractivity contribution in [2.45, 2.75) is 16.9 Å². The highest BCUT2D eigenvalue weighted by Crippen LogP contribution is 2.38. The van der Waals surface area contributed by atoms with Gasteiger partial charge in [0.05, 0.1) is 11.5 Å². The molecule has 2 aromatic carbocycles. The summed E-state index contributed by atoms with van der Waals surface area (Å²) in [5, 5.41) is 0.538. The van der Waals surface area contributed by atoms with Crippen LogP contribution in [0.25, 0.3) is 22.6 Å². The van der Waals surface area contributed by atoms with Crippen molar-refractivity contribution < 1.29 is 12.8 Å². The van der Waals surface area contributed by atoms with Gasteiger partial charge in [-0.25, -0.2) is 13.4 Å². The zero-order valence-corrected chi connectivity index (χ0v) is 15.1. The number of aromatic nitrogens is 1. The molecule has 25 heavy (non-hydrogen) atoms. The van der Waals surface area contributed by atoms with Crippen molar-refractivity contribution in [2.24, 2.45) is 0 Å². The van der Waals surface area contributed by atoms with Crippen molar-refractivity contribution >= 4 is 21.6 Å². The van der Waals surface area contributed by atoms with Gasteiger partial charge in [-0.1, -0.05) is 72.4 Å². The van der Waals surface area contributed by atoms with Gasteiger partial charge in [0.25, 0.3) is 5.22 Å². The molecule has 4 nitrogen and oxygen atoms in total. The first-order valence-electron chi connectivity index (χ1n) is 8.09.